The molecule has 0 radical (unpaired) electrons. The number of nitrogens with two attached hydrogens (primary N) is 2. The summed E-state index contributed by atoms with van der Waals surface area (Å²) in [5.41, 5.74) is 14.6. The van der Waals surface area contributed by atoms with Gasteiger partial charge in [-0.05, 0) is 110 Å². The van der Waals surface area contributed by atoms with Gasteiger partial charge >= 0.3 is 0 Å². The predicted octanol–water partition coefficient (Wildman–Crippen LogP) is 5.89. The van der Waals surface area contributed by atoms with Gasteiger partial charge in [0.05, 0.1) is 9.79 Å². The Morgan fingerprint density at radius 2 is 0.939 bits per heavy atom. The highest BCUT2D eigenvalue weighted by atomic mass is 32.2. The number of anilines is 2. The van der Waals surface area contributed by atoms with Crippen LogP contribution in [-0.2, 0) is 9.84 Å². The second kappa shape index (κ2) is 8.88. The van der Waals surface area contributed by atoms with Crippen molar-refractivity contribution in [2.24, 2.45) is 0 Å². The van der Waals surface area contributed by atoms with E-state index in [0.717, 1.165) is 11.1 Å². The first-order valence-corrected chi connectivity index (χ1v) is 11.7. The summed E-state index contributed by atoms with van der Waals surface area (Å²) < 4.78 is 37.8. The molecule has 0 aliphatic rings. The molecular weight excluding hydrogens is 436 g/mol. The standard InChI is InChI=1S/C26H24N2O4S/c1-17-15-19(27)3-13-25(17)31-21-5-9-23(10-6-21)33(29,30)24-11-7-22(8-12-24)32-26-14-4-20(28)16-18(26)2/h3-16H,27-28H2,1-2H3. The summed E-state index contributed by atoms with van der Waals surface area (Å²) in [4.78, 5) is 0.346. The molecule has 0 amide bonds. The van der Waals surface area contributed by atoms with Gasteiger partial charge in [-0.1, -0.05) is 0 Å². The molecule has 0 bridgehead atoms. The first kappa shape index (κ1) is 22.2. The van der Waals surface area contributed by atoms with Gasteiger partial charge < -0.3 is 20.9 Å². The van der Waals surface area contributed by atoms with Crippen LogP contribution in [0.25, 0.3) is 0 Å². The molecule has 0 saturated heterocycles. The van der Waals surface area contributed by atoms with E-state index in [1.807, 2.05) is 26.0 Å². The van der Waals surface area contributed by atoms with Crippen LogP contribution in [0.4, 0.5) is 11.4 Å². The topological polar surface area (TPSA) is 105 Å². The second-order valence-electron chi connectivity index (χ2n) is 7.70. The zero-order valence-electron chi connectivity index (χ0n) is 18.3. The molecule has 4 N–H and O–H groups in total. The number of sulfone groups is 1. The van der Waals surface area contributed by atoms with Crippen LogP contribution < -0.4 is 20.9 Å². The zero-order chi connectivity index (χ0) is 23.6. The van der Waals surface area contributed by atoms with Gasteiger partial charge in [0.2, 0.25) is 9.84 Å². The fourth-order valence-electron chi connectivity index (χ4n) is 3.34. The van der Waals surface area contributed by atoms with Crippen LogP contribution in [0.15, 0.2) is 94.7 Å². The summed E-state index contributed by atoms with van der Waals surface area (Å²) in [7, 11) is -3.69. The Morgan fingerprint density at radius 1 is 0.576 bits per heavy atom. The average molecular weight is 461 g/mol. The molecule has 0 saturated carbocycles. The van der Waals surface area contributed by atoms with E-state index in [0.29, 0.717) is 34.4 Å². The van der Waals surface area contributed by atoms with Crippen LogP contribution >= 0.6 is 0 Å². The Hall–Kier alpha value is -3.97. The fraction of sp³-hybridized carbons (Fsp3) is 0.0769. The molecule has 168 valence electrons. The Balaban J connectivity index is 1.50. The molecule has 0 fully saturated rings. The lowest BCUT2D eigenvalue weighted by atomic mass is 10.2. The summed E-state index contributed by atoms with van der Waals surface area (Å²) in [6, 6.07) is 23.3. The highest BCUT2D eigenvalue weighted by Crippen LogP contribution is 2.31. The molecule has 4 aromatic rings. The van der Waals surface area contributed by atoms with Gasteiger partial charge in [0.25, 0.3) is 0 Å². The lowest BCUT2D eigenvalue weighted by Crippen LogP contribution is -2.02. The lowest BCUT2D eigenvalue weighted by molar-refractivity contribution is 0.478. The van der Waals surface area contributed by atoms with Gasteiger partial charge in [0, 0.05) is 11.4 Å². The molecule has 0 spiro atoms. The van der Waals surface area contributed by atoms with E-state index >= 15 is 0 Å². The SMILES string of the molecule is Cc1cc(N)ccc1Oc1ccc(S(=O)(=O)c2ccc(Oc3ccc(N)cc3C)cc2)cc1. The third kappa shape index (κ3) is 4.94. The largest absolute Gasteiger partial charge is 0.457 e. The van der Waals surface area contributed by atoms with Crippen molar-refractivity contribution in [3.8, 4) is 23.0 Å². The fourth-order valence-corrected chi connectivity index (χ4v) is 4.60. The summed E-state index contributed by atoms with van der Waals surface area (Å²) in [6.45, 7) is 3.79. The summed E-state index contributed by atoms with van der Waals surface area (Å²) >= 11 is 0. The van der Waals surface area contributed by atoms with Gasteiger partial charge in [-0.15, -0.1) is 0 Å². The summed E-state index contributed by atoms with van der Waals surface area (Å²) in [5.74, 6) is 2.38. The van der Waals surface area contributed by atoms with E-state index in [-0.39, 0.29) is 9.79 Å². The minimum atomic E-state index is -3.69. The van der Waals surface area contributed by atoms with Crippen LogP contribution in [-0.4, -0.2) is 8.42 Å². The average Bonchev–Trinajstić information content (AvgIpc) is 2.78. The van der Waals surface area contributed by atoms with Gasteiger partial charge in [0.1, 0.15) is 23.0 Å². The number of aryl methyl sites for hydroxylation is 2. The number of benzene rings is 4. The van der Waals surface area contributed by atoms with E-state index in [4.69, 9.17) is 20.9 Å². The van der Waals surface area contributed by atoms with Gasteiger partial charge in [-0.25, -0.2) is 8.42 Å². The smallest absolute Gasteiger partial charge is 0.206 e. The molecule has 0 atom stereocenters. The van der Waals surface area contributed by atoms with Crippen molar-refractivity contribution in [1.82, 2.24) is 0 Å². The number of hydrogen-bond acceptors (Lipinski definition) is 6. The monoisotopic (exact) mass is 460 g/mol. The molecular formula is C26H24N2O4S. The van der Waals surface area contributed by atoms with Gasteiger partial charge in [-0.2, -0.15) is 0 Å². The van der Waals surface area contributed by atoms with Crippen LogP contribution in [0.5, 0.6) is 23.0 Å². The van der Waals surface area contributed by atoms with Crippen LogP contribution in [0, 0.1) is 13.8 Å². The molecule has 0 aromatic heterocycles. The van der Waals surface area contributed by atoms with Crippen LogP contribution in [0.1, 0.15) is 11.1 Å². The zero-order valence-corrected chi connectivity index (χ0v) is 19.1. The third-order valence-corrected chi connectivity index (χ3v) is 6.91. The number of rotatable bonds is 6. The number of nitrogen functional groups attached to an aromatic ring is 2. The molecule has 4 rings (SSSR count). The molecule has 0 unspecified atom stereocenters. The van der Waals surface area contributed by atoms with Crippen molar-refractivity contribution in [2.45, 2.75) is 23.6 Å². The summed E-state index contributed by atoms with van der Waals surface area (Å²) in [6.07, 6.45) is 0. The molecule has 0 aliphatic heterocycles. The quantitative estimate of drug-likeness (QED) is 0.348. The number of ether oxygens (including phenoxy) is 2. The number of hydrogen-bond donors (Lipinski definition) is 2. The van der Waals surface area contributed by atoms with Gasteiger partial charge in [0.15, 0.2) is 0 Å². The van der Waals surface area contributed by atoms with Crippen molar-refractivity contribution >= 4 is 21.2 Å². The molecule has 0 heterocycles. The minimum Gasteiger partial charge on any atom is -0.457 e. The molecule has 0 aliphatic carbocycles. The summed E-state index contributed by atoms with van der Waals surface area (Å²) in [5, 5.41) is 0. The van der Waals surface area contributed by atoms with Crippen LogP contribution in [0.3, 0.4) is 0 Å². The van der Waals surface area contributed by atoms with Crippen LogP contribution in [0.2, 0.25) is 0 Å². The Bertz CT molecular complexity index is 1290. The van der Waals surface area contributed by atoms with Crippen molar-refractivity contribution in [1.29, 1.82) is 0 Å². The highest BCUT2D eigenvalue weighted by molar-refractivity contribution is 7.91. The van der Waals surface area contributed by atoms with E-state index in [1.54, 1.807) is 48.5 Å². The van der Waals surface area contributed by atoms with Crippen molar-refractivity contribution < 1.29 is 17.9 Å². The van der Waals surface area contributed by atoms with E-state index in [9.17, 15) is 8.42 Å². The maximum Gasteiger partial charge on any atom is 0.206 e. The van der Waals surface area contributed by atoms with E-state index < -0.39 is 9.84 Å². The van der Waals surface area contributed by atoms with E-state index in [2.05, 4.69) is 0 Å². The maximum absolute atomic E-state index is 13.0. The van der Waals surface area contributed by atoms with Gasteiger partial charge in [-0.3, -0.25) is 0 Å². The molecule has 7 heteroatoms. The Labute approximate surface area is 193 Å². The normalized spacial score (nSPS) is 11.2. The Morgan fingerprint density at radius 3 is 1.27 bits per heavy atom. The predicted molar refractivity (Wildman–Crippen MR) is 130 cm³/mol. The Kier molecular flexibility index (Phi) is 5.98. The molecule has 33 heavy (non-hydrogen) atoms. The molecule has 6 nitrogen and oxygen atoms in total. The van der Waals surface area contributed by atoms with Crippen molar-refractivity contribution in [2.75, 3.05) is 11.5 Å². The maximum atomic E-state index is 13.0. The minimum absolute atomic E-state index is 0.173. The lowest BCUT2D eigenvalue weighted by Gasteiger charge is -2.11. The first-order valence-electron chi connectivity index (χ1n) is 10.3. The van der Waals surface area contributed by atoms with Crippen molar-refractivity contribution in [3.63, 3.8) is 0 Å². The first-order chi connectivity index (χ1) is 15.7. The highest BCUT2D eigenvalue weighted by Gasteiger charge is 2.18. The third-order valence-electron chi connectivity index (χ3n) is 5.12. The van der Waals surface area contributed by atoms with Crippen molar-refractivity contribution in [3.05, 3.63) is 96.1 Å². The van der Waals surface area contributed by atoms with E-state index in [1.165, 1.54) is 24.3 Å². The molecule has 4 aromatic carbocycles. The second-order valence-corrected chi connectivity index (χ2v) is 9.65.